The molecule has 2 aromatic heterocycles. The Kier molecular flexibility index (Phi) is 6.56. The summed E-state index contributed by atoms with van der Waals surface area (Å²) in [7, 11) is -1.24. The molecule has 3 rings (SSSR count). The maximum absolute atomic E-state index is 12.7. The molecular formula is C20H20N4O7S2. The van der Waals surface area contributed by atoms with Crippen LogP contribution in [0.3, 0.4) is 0 Å². The number of nitrogens with one attached hydrogen (secondary N) is 1. The number of hydrogen-bond acceptors (Lipinski definition) is 9. The number of aromatic nitrogens is 2. The Hall–Kier alpha value is -3.71. The predicted molar refractivity (Wildman–Crippen MR) is 122 cm³/mol. The van der Waals surface area contributed by atoms with Gasteiger partial charge in [-0.05, 0) is 42.6 Å². The number of nitrogens with two attached hydrogens (primary N) is 1. The number of ether oxygens (including phenoxy) is 1. The fourth-order valence-corrected chi connectivity index (χ4v) is 4.92. The molecule has 0 saturated heterocycles. The molecule has 13 heteroatoms. The summed E-state index contributed by atoms with van der Waals surface area (Å²) < 4.78 is 33.9. The van der Waals surface area contributed by atoms with Crippen LogP contribution in [0, 0.1) is 0 Å². The van der Waals surface area contributed by atoms with E-state index in [1.807, 2.05) is 0 Å². The summed E-state index contributed by atoms with van der Waals surface area (Å²) in [6.07, 6.45) is -1.37. The molecular weight excluding hydrogens is 472 g/mol. The smallest absolute Gasteiger partial charge is 0.338 e. The zero-order valence-electron chi connectivity index (χ0n) is 17.8. The third kappa shape index (κ3) is 4.73. The zero-order chi connectivity index (χ0) is 24.5. The van der Waals surface area contributed by atoms with Crippen molar-refractivity contribution in [3.63, 3.8) is 0 Å². The molecule has 0 amide bonds. The van der Waals surface area contributed by atoms with Crippen LogP contribution < -0.4 is 21.7 Å². The van der Waals surface area contributed by atoms with E-state index in [4.69, 9.17) is 10.5 Å². The predicted octanol–water partition coefficient (Wildman–Crippen LogP) is 0.957. The van der Waals surface area contributed by atoms with E-state index >= 15 is 0 Å². The molecule has 0 fully saturated rings. The first-order valence-electron chi connectivity index (χ1n) is 9.41. The van der Waals surface area contributed by atoms with Crippen molar-refractivity contribution in [1.29, 1.82) is 0 Å². The highest BCUT2D eigenvalue weighted by atomic mass is 32.2. The minimum absolute atomic E-state index is 0.0510. The van der Waals surface area contributed by atoms with E-state index < -0.39 is 44.7 Å². The lowest BCUT2D eigenvalue weighted by atomic mass is 10.1. The van der Waals surface area contributed by atoms with Gasteiger partial charge in [-0.3, -0.25) is 23.4 Å². The molecule has 3 aromatic rings. The van der Waals surface area contributed by atoms with Gasteiger partial charge in [0.15, 0.2) is 6.10 Å². The van der Waals surface area contributed by atoms with Gasteiger partial charge in [0.1, 0.15) is 15.6 Å². The molecule has 0 aliphatic carbocycles. The molecule has 2 heterocycles. The summed E-state index contributed by atoms with van der Waals surface area (Å²) in [5, 5.41) is 1.63. The van der Waals surface area contributed by atoms with Crippen molar-refractivity contribution in [1.82, 2.24) is 9.13 Å². The molecule has 174 valence electrons. The average molecular weight is 493 g/mol. The summed E-state index contributed by atoms with van der Waals surface area (Å²) in [6.45, 7) is 1.27. The highest BCUT2D eigenvalue weighted by Crippen LogP contribution is 2.21. The molecule has 0 aliphatic rings. The molecule has 0 aliphatic heterocycles. The van der Waals surface area contributed by atoms with Crippen molar-refractivity contribution < 1.29 is 22.7 Å². The Morgan fingerprint density at radius 1 is 1.09 bits per heavy atom. The standard InChI is InChI=1S/C20H20N4O7S2/c1-11(16(25)15-17(21)23(2)20(28)24(3)18(15)26)31-19(27)12-6-8-13(9-7-12)22-33(29,30)14-5-4-10-32-14/h4-11,22H,21H2,1-3H3/t11-/m0/s1. The molecule has 1 atom stereocenters. The van der Waals surface area contributed by atoms with Gasteiger partial charge in [-0.1, -0.05) is 6.07 Å². The van der Waals surface area contributed by atoms with E-state index in [1.54, 1.807) is 11.4 Å². The number of Topliss-reactive ketones (excluding diaryl/α,β-unsaturated/α-hetero) is 1. The molecule has 0 spiro atoms. The number of carbonyl (C=O) groups is 2. The normalized spacial score (nSPS) is 12.2. The average Bonchev–Trinajstić information content (AvgIpc) is 3.32. The second-order valence-electron chi connectivity index (χ2n) is 6.99. The Bertz CT molecular complexity index is 1440. The van der Waals surface area contributed by atoms with E-state index in [0.717, 1.165) is 20.5 Å². The molecule has 0 bridgehead atoms. The number of carbonyl (C=O) groups excluding carboxylic acids is 2. The Morgan fingerprint density at radius 2 is 1.73 bits per heavy atom. The van der Waals surface area contributed by atoms with E-state index in [2.05, 4.69) is 4.72 Å². The van der Waals surface area contributed by atoms with Gasteiger partial charge in [0.2, 0.25) is 5.78 Å². The second kappa shape index (κ2) is 9.03. The number of rotatable bonds is 7. The number of esters is 1. The first kappa shape index (κ1) is 23.9. The van der Waals surface area contributed by atoms with E-state index in [-0.39, 0.29) is 21.3 Å². The van der Waals surface area contributed by atoms with Crippen molar-refractivity contribution in [3.8, 4) is 0 Å². The van der Waals surface area contributed by atoms with Gasteiger partial charge in [-0.2, -0.15) is 0 Å². The van der Waals surface area contributed by atoms with Gasteiger partial charge >= 0.3 is 11.7 Å². The van der Waals surface area contributed by atoms with Crippen LogP contribution in [0.4, 0.5) is 11.5 Å². The molecule has 0 saturated carbocycles. The summed E-state index contributed by atoms with van der Waals surface area (Å²) in [5.74, 6) is -2.07. The molecule has 1 aromatic carbocycles. The zero-order valence-corrected chi connectivity index (χ0v) is 19.4. The van der Waals surface area contributed by atoms with Crippen molar-refractivity contribution in [2.45, 2.75) is 17.2 Å². The molecule has 0 unspecified atom stereocenters. The van der Waals surface area contributed by atoms with Crippen LogP contribution >= 0.6 is 11.3 Å². The highest BCUT2D eigenvalue weighted by Gasteiger charge is 2.27. The minimum Gasteiger partial charge on any atom is -0.451 e. The molecule has 11 nitrogen and oxygen atoms in total. The van der Waals surface area contributed by atoms with Crippen molar-refractivity contribution >= 4 is 44.6 Å². The number of sulfonamides is 1. The van der Waals surface area contributed by atoms with Crippen LogP contribution in [0.2, 0.25) is 0 Å². The summed E-state index contributed by atoms with van der Waals surface area (Å²) in [5.41, 5.74) is 3.99. The van der Waals surface area contributed by atoms with Crippen molar-refractivity contribution in [2.75, 3.05) is 10.5 Å². The third-order valence-corrected chi connectivity index (χ3v) is 7.52. The van der Waals surface area contributed by atoms with Crippen LogP contribution in [-0.2, 0) is 28.9 Å². The molecule has 33 heavy (non-hydrogen) atoms. The Balaban J connectivity index is 1.75. The van der Waals surface area contributed by atoms with E-state index in [9.17, 15) is 27.6 Å². The topological polar surface area (TPSA) is 160 Å². The molecule has 3 N–H and O–H groups in total. The van der Waals surface area contributed by atoms with Gasteiger partial charge in [0, 0.05) is 19.8 Å². The number of hydrogen-bond donors (Lipinski definition) is 2. The van der Waals surface area contributed by atoms with Gasteiger partial charge in [0.25, 0.3) is 15.6 Å². The van der Waals surface area contributed by atoms with Crippen LogP contribution in [0.1, 0.15) is 27.6 Å². The fraction of sp³-hybridized carbons (Fsp3) is 0.200. The Labute approximate surface area is 192 Å². The van der Waals surface area contributed by atoms with E-state index in [1.165, 1.54) is 51.4 Å². The number of thiophene rings is 1. The number of nitrogens with zero attached hydrogens (tertiary/aromatic N) is 2. The first-order chi connectivity index (χ1) is 15.4. The van der Waals surface area contributed by atoms with Crippen LogP contribution in [0.15, 0.2) is 55.6 Å². The SMILES string of the molecule is C[C@H](OC(=O)c1ccc(NS(=O)(=O)c2cccs2)cc1)C(=O)c1c(N)n(C)c(=O)n(C)c1=O. The fourth-order valence-electron chi connectivity index (χ4n) is 2.87. The number of ketones is 1. The first-order valence-corrected chi connectivity index (χ1v) is 11.8. The number of nitrogen functional groups attached to an aromatic ring is 1. The highest BCUT2D eigenvalue weighted by molar-refractivity contribution is 7.94. The van der Waals surface area contributed by atoms with Gasteiger partial charge in [-0.25, -0.2) is 18.0 Å². The maximum atomic E-state index is 12.7. The van der Waals surface area contributed by atoms with E-state index in [0.29, 0.717) is 0 Å². The summed E-state index contributed by atoms with van der Waals surface area (Å²) in [4.78, 5) is 49.4. The van der Waals surface area contributed by atoms with Gasteiger partial charge in [0.05, 0.1) is 5.56 Å². The number of benzene rings is 1. The largest absolute Gasteiger partial charge is 0.451 e. The molecule has 0 radical (unpaired) electrons. The van der Waals surface area contributed by atoms with Crippen LogP contribution in [-0.4, -0.2) is 35.4 Å². The van der Waals surface area contributed by atoms with Crippen LogP contribution in [0.5, 0.6) is 0 Å². The monoisotopic (exact) mass is 492 g/mol. The van der Waals surface area contributed by atoms with Crippen LogP contribution in [0.25, 0.3) is 0 Å². The summed E-state index contributed by atoms with van der Waals surface area (Å²) in [6, 6.07) is 8.46. The van der Waals surface area contributed by atoms with Crippen molar-refractivity contribution in [3.05, 3.63) is 73.7 Å². The lowest BCUT2D eigenvalue weighted by molar-refractivity contribution is 0.0318. The van der Waals surface area contributed by atoms with Gasteiger partial charge in [-0.15, -0.1) is 11.3 Å². The Morgan fingerprint density at radius 3 is 2.30 bits per heavy atom. The maximum Gasteiger partial charge on any atom is 0.338 e. The van der Waals surface area contributed by atoms with Crippen molar-refractivity contribution in [2.24, 2.45) is 14.1 Å². The lowest BCUT2D eigenvalue weighted by Crippen LogP contribution is -2.43. The number of anilines is 2. The third-order valence-electron chi connectivity index (χ3n) is 4.74. The second-order valence-corrected chi connectivity index (χ2v) is 9.85. The lowest BCUT2D eigenvalue weighted by Gasteiger charge is -2.15. The minimum atomic E-state index is -3.74. The summed E-state index contributed by atoms with van der Waals surface area (Å²) >= 11 is 1.06. The van der Waals surface area contributed by atoms with Gasteiger partial charge < -0.3 is 10.5 Å². The quantitative estimate of drug-likeness (QED) is 0.364.